The van der Waals surface area contributed by atoms with Gasteiger partial charge in [0, 0.05) is 21.6 Å². The van der Waals surface area contributed by atoms with Crippen molar-refractivity contribution >= 4 is 43.2 Å². The molecule has 19 heavy (non-hydrogen) atoms. The molecule has 0 atom stereocenters. The molecule has 2 aromatic carbocycles. The molecule has 0 aliphatic carbocycles. The average Bonchev–Trinajstić information content (AvgIpc) is 2.37. The first kappa shape index (κ1) is 14.0. The number of nitro benzene ring substituents is 1. The molecule has 6 heteroatoms. The Morgan fingerprint density at radius 3 is 2.58 bits per heavy atom. The highest BCUT2D eigenvalue weighted by Gasteiger charge is 2.13. The second-order valence-corrected chi connectivity index (χ2v) is 5.63. The molecule has 0 saturated heterocycles. The zero-order valence-electron chi connectivity index (χ0n) is 9.77. The van der Waals surface area contributed by atoms with Gasteiger partial charge in [-0.1, -0.05) is 50.1 Å². The van der Waals surface area contributed by atoms with Crippen LogP contribution in [0.4, 0.5) is 11.4 Å². The summed E-state index contributed by atoms with van der Waals surface area (Å²) in [5, 5.41) is 14.0. The van der Waals surface area contributed by atoms with Crippen molar-refractivity contribution in [2.24, 2.45) is 0 Å². The van der Waals surface area contributed by atoms with E-state index in [4.69, 9.17) is 0 Å². The minimum atomic E-state index is -0.394. The molecular weight excluding hydrogens is 376 g/mol. The lowest BCUT2D eigenvalue weighted by Crippen LogP contribution is -2.03. The zero-order valence-corrected chi connectivity index (χ0v) is 12.9. The standard InChI is InChI=1S/C13H10Br2N2O2/c14-10-5-6-13(17(18)19)12(7-10)16-8-9-3-1-2-4-11(9)15/h1-7,16H,8H2. The van der Waals surface area contributed by atoms with Crippen molar-refractivity contribution in [3.05, 3.63) is 67.1 Å². The fraction of sp³-hybridized carbons (Fsp3) is 0.0769. The van der Waals surface area contributed by atoms with Gasteiger partial charge in [-0.25, -0.2) is 0 Å². The molecular formula is C13H10Br2N2O2. The number of nitrogens with zero attached hydrogens (tertiary/aromatic N) is 1. The van der Waals surface area contributed by atoms with Crippen molar-refractivity contribution < 1.29 is 4.92 Å². The average molecular weight is 386 g/mol. The van der Waals surface area contributed by atoms with Crippen LogP contribution in [0.2, 0.25) is 0 Å². The fourth-order valence-corrected chi connectivity index (χ4v) is 2.43. The van der Waals surface area contributed by atoms with Gasteiger partial charge in [0.2, 0.25) is 0 Å². The summed E-state index contributed by atoms with van der Waals surface area (Å²) in [6, 6.07) is 12.6. The molecule has 0 spiro atoms. The molecule has 0 unspecified atom stereocenters. The minimum absolute atomic E-state index is 0.0650. The number of hydrogen-bond acceptors (Lipinski definition) is 3. The Balaban J connectivity index is 2.22. The van der Waals surface area contributed by atoms with Gasteiger partial charge in [0.15, 0.2) is 0 Å². The van der Waals surface area contributed by atoms with E-state index in [-0.39, 0.29) is 5.69 Å². The van der Waals surface area contributed by atoms with Crippen molar-refractivity contribution in [2.75, 3.05) is 5.32 Å². The first-order chi connectivity index (χ1) is 9.08. The molecule has 0 aliphatic rings. The van der Waals surface area contributed by atoms with E-state index in [9.17, 15) is 10.1 Å². The Hall–Kier alpha value is -1.40. The first-order valence-electron chi connectivity index (χ1n) is 5.49. The van der Waals surface area contributed by atoms with Crippen LogP contribution in [0.3, 0.4) is 0 Å². The zero-order chi connectivity index (χ0) is 13.8. The quantitative estimate of drug-likeness (QED) is 0.611. The van der Waals surface area contributed by atoms with Gasteiger partial charge in [-0.3, -0.25) is 10.1 Å². The maximum atomic E-state index is 11.0. The second kappa shape index (κ2) is 6.16. The molecule has 98 valence electrons. The molecule has 4 nitrogen and oxygen atoms in total. The normalized spacial score (nSPS) is 10.2. The van der Waals surface area contributed by atoms with Gasteiger partial charge in [-0.2, -0.15) is 0 Å². The minimum Gasteiger partial charge on any atom is -0.375 e. The molecule has 0 amide bonds. The molecule has 0 aliphatic heterocycles. The Bertz CT molecular complexity index is 617. The Kier molecular flexibility index (Phi) is 4.55. The van der Waals surface area contributed by atoms with Gasteiger partial charge in [-0.05, 0) is 23.8 Å². The highest BCUT2D eigenvalue weighted by molar-refractivity contribution is 9.10. The van der Waals surface area contributed by atoms with Gasteiger partial charge < -0.3 is 5.32 Å². The van der Waals surface area contributed by atoms with Crippen LogP contribution in [0.25, 0.3) is 0 Å². The number of nitrogens with one attached hydrogen (secondary N) is 1. The van der Waals surface area contributed by atoms with E-state index in [1.807, 2.05) is 24.3 Å². The number of benzene rings is 2. The fourth-order valence-electron chi connectivity index (χ4n) is 1.64. The van der Waals surface area contributed by atoms with Gasteiger partial charge in [0.25, 0.3) is 5.69 Å². The van der Waals surface area contributed by atoms with Crippen molar-refractivity contribution in [1.82, 2.24) is 0 Å². The molecule has 0 saturated carbocycles. The molecule has 0 fully saturated rings. The van der Waals surface area contributed by atoms with Crippen LogP contribution in [0.15, 0.2) is 51.4 Å². The van der Waals surface area contributed by atoms with Crippen LogP contribution in [0, 0.1) is 10.1 Å². The van der Waals surface area contributed by atoms with Crippen LogP contribution in [-0.4, -0.2) is 4.92 Å². The van der Waals surface area contributed by atoms with E-state index in [1.165, 1.54) is 6.07 Å². The lowest BCUT2D eigenvalue weighted by molar-refractivity contribution is -0.384. The Morgan fingerprint density at radius 1 is 1.16 bits per heavy atom. The third-order valence-electron chi connectivity index (χ3n) is 2.58. The van der Waals surface area contributed by atoms with Crippen molar-refractivity contribution in [2.45, 2.75) is 6.54 Å². The number of halogens is 2. The van der Waals surface area contributed by atoms with E-state index in [0.717, 1.165) is 14.5 Å². The molecule has 0 radical (unpaired) electrons. The monoisotopic (exact) mass is 384 g/mol. The van der Waals surface area contributed by atoms with E-state index < -0.39 is 4.92 Å². The third-order valence-corrected chi connectivity index (χ3v) is 3.85. The molecule has 0 heterocycles. The highest BCUT2D eigenvalue weighted by Crippen LogP contribution is 2.28. The highest BCUT2D eigenvalue weighted by atomic mass is 79.9. The van der Waals surface area contributed by atoms with Gasteiger partial charge in [0.05, 0.1) is 4.92 Å². The number of rotatable bonds is 4. The molecule has 0 aromatic heterocycles. The summed E-state index contributed by atoms with van der Waals surface area (Å²) < 4.78 is 1.77. The van der Waals surface area contributed by atoms with Gasteiger partial charge >= 0.3 is 0 Å². The molecule has 2 rings (SSSR count). The van der Waals surface area contributed by atoms with E-state index in [0.29, 0.717) is 12.2 Å². The van der Waals surface area contributed by atoms with Crippen LogP contribution in [0.1, 0.15) is 5.56 Å². The molecule has 1 N–H and O–H groups in total. The van der Waals surface area contributed by atoms with Crippen molar-refractivity contribution in [1.29, 1.82) is 0 Å². The summed E-state index contributed by atoms with van der Waals surface area (Å²) in [7, 11) is 0. The first-order valence-corrected chi connectivity index (χ1v) is 7.08. The van der Waals surface area contributed by atoms with Crippen LogP contribution >= 0.6 is 31.9 Å². The topological polar surface area (TPSA) is 55.2 Å². The smallest absolute Gasteiger partial charge is 0.292 e. The van der Waals surface area contributed by atoms with Crippen LogP contribution in [-0.2, 0) is 6.54 Å². The Morgan fingerprint density at radius 2 is 1.89 bits per heavy atom. The van der Waals surface area contributed by atoms with Crippen LogP contribution in [0.5, 0.6) is 0 Å². The summed E-state index contributed by atoms with van der Waals surface area (Å²) in [4.78, 5) is 10.6. The predicted molar refractivity (Wildman–Crippen MR) is 82.3 cm³/mol. The van der Waals surface area contributed by atoms with Crippen molar-refractivity contribution in [3.63, 3.8) is 0 Å². The van der Waals surface area contributed by atoms with Crippen molar-refractivity contribution in [3.8, 4) is 0 Å². The van der Waals surface area contributed by atoms with Gasteiger partial charge in [0.1, 0.15) is 5.69 Å². The lowest BCUT2D eigenvalue weighted by Gasteiger charge is -2.09. The largest absolute Gasteiger partial charge is 0.375 e. The van der Waals surface area contributed by atoms with E-state index >= 15 is 0 Å². The molecule has 2 aromatic rings. The Labute approximate surface area is 127 Å². The molecule has 0 bridgehead atoms. The predicted octanol–water partition coefficient (Wildman–Crippen LogP) is 4.73. The lowest BCUT2D eigenvalue weighted by atomic mass is 10.2. The van der Waals surface area contributed by atoms with Crippen LogP contribution < -0.4 is 5.32 Å². The summed E-state index contributed by atoms with van der Waals surface area (Å²) in [6.45, 7) is 0.513. The second-order valence-electron chi connectivity index (χ2n) is 3.86. The van der Waals surface area contributed by atoms with Gasteiger partial charge in [-0.15, -0.1) is 0 Å². The summed E-state index contributed by atoms with van der Waals surface area (Å²) in [5.74, 6) is 0. The maximum absolute atomic E-state index is 11.0. The summed E-state index contributed by atoms with van der Waals surface area (Å²) >= 11 is 6.76. The number of nitro groups is 1. The SMILES string of the molecule is O=[N+]([O-])c1ccc(Br)cc1NCc1ccccc1Br. The van der Waals surface area contributed by atoms with E-state index in [2.05, 4.69) is 37.2 Å². The number of anilines is 1. The number of hydrogen-bond donors (Lipinski definition) is 1. The van der Waals surface area contributed by atoms with E-state index in [1.54, 1.807) is 12.1 Å². The third kappa shape index (κ3) is 3.54. The summed E-state index contributed by atoms with van der Waals surface area (Å²) in [5.41, 5.74) is 1.60. The maximum Gasteiger partial charge on any atom is 0.292 e. The summed E-state index contributed by atoms with van der Waals surface area (Å²) in [6.07, 6.45) is 0.